The van der Waals surface area contributed by atoms with E-state index in [4.69, 9.17) is 20.9 Å². The van der Waals surface area contributed by atoms with Crippen molar-refractivity contribution in [2.45, 2.75) is 12.8 Å². The number of halogens is 1. The van der Waals surface area contributed by atoms with E-state index >= 15 is 0 Å². The van der Waals surface area contributed by atoms with Gasteiger partial charge < -0.3 is 14.6 Å². The van der Waals surface area contributed by atoms with E-state index in [2.05, 4.69) is 15.5 Å². The molecule has 8 heteroatoms. The van der Waals surface area contributed by atoms with Crippen molar-refractivity contribution >= 4 is 29.2 Å². The van der Waals surface area contributed by atoms with Crippen LogP contribution in [0.5, 0.6) is 0 Å². The van der Waals surface area contributed by atoms with Gasteiger partial charge in [-0.1, -0.05) is 41.0 Å². The molecular weight excluding hydrogens is 370 g/mol. The van der Waals surface area contributed by atoms with Crippen LogP contribution in [0.15, 0.2) is 53.1 Å². The number of anilines is 1. The SMILES string of the molecule is COC(=O)c1ccccc1NC(=O)CCc1nc(-c2cccc(Cl)c2)no1. The molecule has 3 aromatic rings. The van der Waals surface area contributed by atoms with Gasteiger partial charge >= 0.3 is 5.97 Å². The number of aromatic nitrogens is 2. The molecule has 0 radical (unpaired) electrons. The average Bonchev–Trinajstić information content (AvgIpc) is 3.15. The standard InChI is InChI=1S/C19H16ClN3O4/c1-26-19(25)14-7-2-3-8-15(14)21-16(24)9-10-17-22-18(23-27-17)12-5-4-6-13(20)11-12/h2-8,11H,9-10H2,1H3,(H,21,24). The van der Waals surface area contributed by atoms with Gasteiger partial charge in [-0.15, -0.1) is 0 Å². The van der Waals surface area contributed by atoms with E-state index in [1.165, 1.54) is 7.11 Å². The summed E-state index contributed by atoms with van der Waals surface area (Å²) in [6.07, 6.45) is 0.381. The van der Waals surface area contributed by atoms with Gasteiger partial charge in [0.15, 0.2) is 0 Å². The molecule has 1 N–H and O–H groups in total. The monoisotopic (exact) mass is 385 g/mol. The third kappa shape index (κ3) is 4.71. The van der Waals surface area contributed by atoms with Gasteiger partial charge in [0.05, 0.1) is 18.4 Å². The zero-order valence-corrected chi connectivity index (χ0v) is 15.2. The number of esters is 1. The molecule has 0 unspecified atom stereocenters. The lowest BCUT2D eigenvalue weighted by atomic mass is 10.1. The van der Waals surface area contributed by atoms with Gasteiger partial charge in [0.2, 0.25) is 17.6 Å². The highest BCUT2D eigenvalue weighted by Crippen LogP contribution is 2.20. The zero-order valence-electron chi connectivity index (χ0n) is 14.4. The summed E-state index contributed by atoms with van der Waals surface area (Å²) >= 11 is 5.95. The number of methoxy groups -OCH3 is 1. The van der Waals surface area contributed by atoms with Crippen molar-refractivity contribution in [2.24, 2.45) is 0 Å². The van der Waals surface area contributed by atoms with E-state index < -0.39 is 5.97 Å². The number of nitrogens with zero attached hydrogens (tertiary/aromatic N) is 2. The first-order chi connectivity index (χ1) is 13.1. The molecule has 138 valence electrons. The molecule has 0 aliphatic carbocycles. The van der Waals surface area contributed by atoms with Gasteiger partial charge in [-0.3, -0.25) is 4.79 Å². The maximum absolute atomic E-state index is 12.2. The minimum atomic E-state index is -0.519. The molecule has 0 atom stereocenters. The summed E-state index contributed by atoms with van der Waals surface area (Å²) < 4.78 is 9.89. The third-order valence-corrected chi connectivity index (χ3v) is 3.96. The van der Waals surface area contributed by atoms with Crippen molar-refractivity contribution in [1.29, 1.82) is 0 Å². The first-order valence-corrected chi connectivity index (χ1v) is 8.50. The molecule has 0 saturated heterocycles. The van der Waals surface area contributed by atoms with Crippen LogP contribution in [-0.2, 0) is 16.0 Å². The van der Waals surface area contributed by atoms with Crippen molar-refractivity contribution in [3.8, 4) is 11.4 Å². The van der Waals surface area contributed by atoms with Crippen LogP contribution in [0.25, 0.3) is 11.4 Å². The Morgan fingerprint density at radius 1 is 1.19 bits per heavy atom. The van der Waals surface area contributed by atoms with Crippen LogP contribution in [0.2, 0.25) is 5.02 Å². The molecule has 1 aromatic heterocycles. The number of hydrogen-bond donors (Lipinski definition) is 1. The summed E-state index contributed by atoms with van der Waals surface area (Å²) in [5.41, 5.74) is 1.41. The second-order valence-electron chi connectivity index (χ2n) is 5.61. The summed E-state index contributed by atoms with van der Waals surface area (Å²) in [4.78, 5) is 28.2. The van der Waals surface area contributed by atoms with Gasteiger partial charge in [-0.2, -0.15) is 4.98 Å². The van der Waals surface area contributed by atoms with E-state index in [-0.39, 0.29) is 24.3 Å². The molecule has 7 nitrogen and oxygen atoms in total. The maximum atomic E-state index is 12.2. The fourth-order valence-electron chi connectivity index (χ4n) is 2.41. The smallest absolute Gasteiger partial charge is 0.339 e. The summed E-state index contributed by atoms with van der Waals surface area (Å²) in [5.74, 6) is -0.0619. The number of para-hydroxylation sites is 1. The highest BCUT2D eigenvalue weighted by Gasteiger charge is 2.15. The Balaban J connectivity index is 1.61. The van der Waals surface area contributed by atoms with Crippen LogP contribution < -0.4 is 5.32 Å². The molecule has 0 aliphatic rings. The van der Waals surface area contributed by atoms with Crippen LogP contribution >= 0.6 is 11.6 Å². The van der Waals surface area contributed by atoms with Crippen molar-refractivity contribution in [2.75, 3.05) is 12.4 Å². The lowest BCUT2D eigenvalue weighted by Gasteiger charge is -2.08. The number of carbonyl (C=O) groups is 2. The van der Waals surface area contributed by atoms with E-state index in [1.54, 1.807) is 42.5 Å². The van der Waals surface area contributed by atoms with E-state index in [9.17, 15) is 9.59 Å². The fraction of sp³-hybridized carbons (Fsp3) is 0.158. The number of ether oxygens (including phenoxy) is 1. The predicted octanol–water partition coefficient (Wildman–Crippen LogP) is 3.75. The van der Waals surface area contributed by atoms with Gasteiger partial charge in [-0.05, 0) is 24.3 Å². The molecule has 0 bridgehead atoms. The molecule has 2 aromatic carbocycles. The van der Waals surface area contributed by atoms with Crippen molar-refractivity contribution in [3.63, 3.8) is 0 Å². The minimum Gasteiger partial charge on any atom is -0.465 e. The molecule has 1 heterocycles. The Morgan fingerprint density at radius 3 is 2.78 bits per heavy atom. The van der Waals surface area contributed by atoms with Gasteiger partial charge in [0.1, 0.15) is 0 Å². The highest BCUT2D eigenvalue weighted by molar-refractivity contribution is 6.30. The molecule has 0 spiro atoms. The summed E-state index contributed by atoms with van der Waals surface area (Å²) in [5, 5.41) is 7.17. The number of aryl methyl sites for hydroxylation is 1. The highest BCUT2D eigenvalue weighted by atomic mass is 35.5. The summed E-state index contributed by atoms with van der Waals surface area (Å²) in [7, 11) is 1.29. The molecule has 0 aliphatic heterocycles. The number of benzene rings is 2. The minimum absolute atomic E-state index is 0.118. The van der Waals surface area contributed by atoms with E-state index in [0.717, 1.165) is 5.56 Å². The fourth-order valence-corrected chi connectivity index (χ4v) is 2.60. The number of rotatable bonds is 6. The van der Waals surface area contributed by atoms with Crippen LogP contribution in [0.1, 0.15) is 22.7 Å². The second-order valence-corrected chi connectivity index (χ2v) is 6.04. The molecular formula is C19H16ClN3O4. The first kappa shape index (κ1) is 18.6. The Hall–Kier alpha value is -3.19. The lowest BCUT2D eigenvalue weighted by Crippen LogP contribution is -2.15. The molecule has 1 amide bonds. The van der Waals surface area contributed by atoms with E-state index in [1.807, 2.05) is 6.07 Å². The van der Waals surface area contributed by atoms with Gasteiger partial charge in [0, 0.05) is 23.4 Å². The zero-order chi connectivity index (χ0) is 19.2. The largest absolute Gasteiger partial charge is 0.465 e. The number of nitrogens with one attached hydrogen (secondary N) is 1. The van der Waals surface area contributed by atoms with Crippen molar-refractivity contribution in [3.05, 3.63) is 65.0 Å². The Bertz CT molecular complexity index is 971. The summed E-state index contributed by atoms with van der Waals surface area (Å²) in [6, 6.07) is 13.7. The van der Waals surface area contributed by atoms with Crippen LogP contribution in [0, 0.1) is 0 Å². The topological polar surface area (TPSA) is 94.3 Å². The Morgan fingerprint density at radius 2 is 2.00 bits per heavy atom. The Kier molecular flexibility index (Phi) is 5.83. The average molecular weight is 386 g/mol. The predicted molar refractivity (Wildman–Crippen MR) is 99.5 cm³/mol. The Labute approximate surface area is 160 Å². The lowest BCUT2D eigenvalue weighted by molar-refractivity contribution is -0.116. The maximum Gasteiger partial charge on any atom is 0.339 e. The number of amides is 1. The van der Waals surface area contributed by atoms with Crippen molar-refractivity contribution in [1.82, 2.24) is 10.1 Å². The summed E-state index contributed by atoms with van der Waals surface area (Å²) in [6.45, 7) is 0. The van der Waals surface area contributed by atoms with Crippen LogP contribution in [0.3, 0.4) is 0 Å². The molecule has 0 fully saturated rings. The van der Waals surface area contributed by atoms with Crippen LogP contribution in [0.4, 0.5) is 5.69 Å². The normalized spacial score (nSPS) is 10.4. The quantitative estimate of drug-likeness (QED) is 0.649. The molecule has 0 saturated carbocycles. The molecule has 3 rings (SSSR count). The van der Waals surface area contributed by atoms with Gasteiger partial charge in [-0.25, -0.2) is 4.79 Å². The number of carbonyl (C=O) groups excluding carboxylic acids is 2. The second kappa shape index (κ2) is 8.46. The number of hydrogen-bond acceptors (Lipinski definition) is 6. The van der Waals surface area contributed by atoms with Gasteiger partial charge in [0.25, 0.3) is 0 Å². The van der Waals surface area contributed by atoms with E-state index in [0.29, 0.717) is 22.4 Å². The molecule has 27 heavy (non-hydrogen) atoms. The first-order valence-electron chi connectivity index (χ1n) is 8.12. The van der Waals surface area contributed by atoms with Crippen LogP contribution in [-0.4, -0.2) is 29.1 Å². The third-order valence-electron chi connectivity index (χ3n) is 3.72. The van der Waals surface area contributed by atoms with Crippen molar-refractivity contribution < 1.29 is 18.8 Å².